The Balaban J connectivity index is 2.29. The van der Waals surface area contributed by atoms with E-state index in [4.69, 9.17) is 5.73 Å². The molecule has 0 unspecified atom stereocenters. The molecule has 0 aliphatic heterocycles. The van der Waals surface area contributed by atoms with E-state index in [0.717, 1.165) is 22.6 Å². The highest BCUT2D eigenvalue weighted by molar-refractivity contribution is 5.63. The number of nitrogen functional groups attached to an aromatic ring is 1. The van der Waals surface area contributed by atoms with Crippen molar-refractivity contribution >= 4 is 11.2 Å². The summed E-state index contributed by atoms with van der Waals surface area (Å²) in [6.07, 6.45) is 7.21. The van der Waals surface area contributed by atoms with Gasteiger partial charge < -0.3 is 5.73 Å². The zero-order valence-electron chi connectivity index (χ0n) is 8.54. The first kappa shape index (κ1) is 8.91. The lowest BCUT2D eigenvalue weighted by atomic mass is 10.2. The third-order valence-electron chi connectivity index (χ3n) is 2.49. The topological polar surface area (TPSA) is 56.2 Å². The van der Waals surface area contributed by atoms with Gasteiger partial charge in [-0.2, -0.15) is 0 Å². The van der Waals surface area contributed by atoms with E-state index >= 15 is 0 Å². The SMILES string of the molecule is Nc1ccc2cnc(-c3ccncc3)n2c1. The summed E-state index contributed by atoms with van der Waals surface area (Å²) in [6.45, 7) is 0. The molecule has 4 nitrogen and oxygen atoms in total. The van der Waals surface area contributed by atoms with E-state index in [9.17, 15) is 0 Å². The smallest absolute Gasteiger partial charge is 0.144 e. The maximum Gasteiger partial charge on any atom is 0.144 e. The van der Waals surface area contributed by atoms with Crippen LogP contribution in [0.2, 0.25) is 0 Å². The largest absolute Gasteiger partial charge is 0.398 e. The van der Waals surface area contributed by atoms with E-state index < -0.39 is 0 Å². The zero-order valence-corrected chi connectivity index (χ0v) is 8.54. The van der Waals surface area contributed by atoms with E-state index in [1.54, 1.807) is 12.4 Å². The highest BCUT2D eigenvalue weighted by Gasteiger charge is 2.05. The van der Waals surface area contributed by atoms with Gasteiger partial charge in [-0.1, -0.05) is 0 Å². The molecule has 0 aliphatic rings. The molecule has 0 radical (unpaired) electrons. The lowest BCUT2D eigenvalue weighted by molar-refractivity contribution is 1.16. The number of imidazole rings is 1. The second-order valence-corrected chi connectivity index (χ2v) is 3.57. The van der Waals surface area contributed by atoms with Crippen molar-refractivity contribution in [3.05, 3.63) is 49.1 Å². The van der Waals surface area contributed by atoms with E-state index in [2.05, 4.69) is 9.97 Å². The second kappa shape index (κ2) is 3.34. The number of aromatic nitrogens is 3. The summed E-state index contributed by atoms with van der Waals surface area (Å²) < 4.78 is 1.98. The van der Waals surface area contributed by atoms with Gasteiger partial charge in [0.2, 0.25) is 0 Å². The molecule has 3 aromatic rings. The molecule has 4 heteroatoms. The summed E-state index contributed by atoms with van der Waals surface area (Å²) in [7, 11) is 0. The normalized spacial score (nSPS) is 10.8. The Morgan fingerprint density at radius 1 is 1.06 bits per heavy atom. The number of anilines is 1. The average Bonchev–Trinajstić information content (AvgIpc) is 2.73. The van der Waals surface area contributed by atoms with Crippen LogP contribution in [0.5, 0.6) is 0 Å². The third-order valence-corrected chi connectivity index (χ3v) is 2.49. The molecule has 3 heterocycles. The van der Waals surface area contributed by atoms with Gasteiger partial charge in [0, 0.05) is 29.8 Å². The van der Waals surface area contributed by atoms with Crippen molar-refractivity contribution in [3.63, 3.8) is 0 Å². The zero-order chi connectivity index (χ0) is 11.0. The van der Waals surface area contributed by atoms with E-state index in [-0.39, 0.29) is 0 Å². The molecule has 2 N–H and O–H groups in total. The highest BCUT2D eigenvalue weighted by Crippen LogP contribution is 2.19. The van der Waals surface area contributed by atoms with Gasteiger partial charge in [0.1, 0.15) is 5.82 Å². The highest BCUT2D eigenvalue weighted by atomic mass is 15.0. The van der Waals surface area contributed by atoms with Crippen LogP contribution in [0.25, 0.3) is 16.9 Å². The molecule has 0 saturated heterocycles. The van der Waals surface area contributed by atoms with Crippen LogP contribution in [0.4, 0.5) is 5.69 Å². The maximum atomic E-state index is 5.77. The molecule has 78 valence electrons. The van der Waals surface area contributed by atoms with Crippen molar-refractivity contribution in [2.75, 3.05) is 5.73 Å². The number of rotatable bonds is 1. The molecule has 0 bridgehead atoms. The van der Waals surface area contributed by atoms with Gasteiger partial charge in [0.15, 0.2) is 0 Å². The Bertz CT molecular complexity index is 628. The van der Waals surface area contributed by atoms with E-state index in [0.29, 0.717) is 0 Å². The monoisotopic (exact) mass is 210 g/mol. The van der Waals surface area contributed by atoms with Gasteiger partial charge >= 0.3 is 0 Å². The first-order chi connectivity index (χ1) is 7.84. The Kier molecular flexibility index (Phi) is 1.86. The van der Waals surface area contributed by atoms with Crippen LogP contribution in [0.3, 0.4) is 0 Å². The number of hydrogen-bond donors (Lipinski definition) is 1. The molecular weight excluding hydrogens is 200 g/mol. The minimum absolute atomic E-state index is 0.723. The number of pyridine rings is 2. The fourth-order valence-electron chi connectivity index (χ4n) is 1.72. The Morgan fingerprint density at radius 3 is 2.69 bits per heavy atom. The van der Waals surface area contributed by atoms with Crippen molar-refractivity contribution in [2.45, 2.75) is 0 Å². The number of hydrogen-bond acceptors (Lipinski definition) is 3. The number of nitrogens with two attached hydrogens (primary N) is 1. The van der Waals surface area contributed by atoms with Crippen molar-refractivity contribution in [2.24, 2.45) is 0 Å². The molecule has 0 aromatic carbocycles. The van der Waals surface area contributed by atoms with Gasteiger partial charge in [-0.3, -0.25) is 9.38 Å². The summed E-state index contributed by atoms with van der Waals surface area (Å²) in [5, 5.41) is 0. The van der Waals surface area contributed by atoms with Gasteiger partial charge in [-0.15, -0.1) is 0 Å². The van der Waals surface area contributed by atoms with Gasteiger partial charge in [0.05, 0.1) is 11.7 Å². The first-order valence-electron chi connectivity index (χ1n) is 4.97. The molecule has 0 aliphatic carbocycles. The molecule has 16 heavy (non-hydrogen) atoms. The number of fused-ring (bicyclic) bond motifs is 1. The molecule has 0 fully saturated rings. The lowest BCUT2D eigenvalue weighted by Gasteiger charge is -2.01. The quantitative estimate of drug-likeness (QED) is 0.668. The predicted octanol–water partition coefficient (Wildman–Crippen LogP) is 1.98. The molecule has 0 amide bonds. The standard InChI is InChI=1S/C12H10N4/c13-10-1-2-11-7-15-12(16(11)8-10)9-3-5-14-6-4-9/h1-8H,13H2. The van der Waals surface area contributed by atoms with Gasteiger partial charge in [-0.05, 0) is 24.3 Å². The van der Waals surface area contributed by atoms with Crippen molar-refractivity contribution in [1.82, 2.24) is 14.4 Å². The van der Waals surface area contributed by atoms with Crippen LogP contribution >= 0.6 is 0 Å². The Morgan fingerprint density at radius 2 is 1.88 bits per heavy atom. The van der Waals surface area contributed by atoms with Gasteiger partial charge in [0.25, 0.3) is 0 Å². The van der Waals surface area contributed by atoms with Gasteiger partial charge in [-0.25, -0.2) is 4.98 Å². The molecule has 0 atom stereocenters. The predicted molar refractivity (Wildman–Crippen MR) is 62.8 cm³/mol. The number of nitrogens with zero attached hydrogens (tertiary/aromatic N) is 3. The Hall–Kier alpha value is -2.36. The van der Waals surface area contributed by atoms with Crippen molar-refractivity contribution in [1.29, 1.82) is 0 Å². The minimum Gasteiger partial charge on any atom is -0.398 e. The van der Waals surface area contributed by atoms with Crippen molar-refractivity contribution < 1.29 is 0 Å². The third kappa shape index (κ3) is 1.32. The van der Waals surface area contributed by atoms with Crippen LogP contribution < -0.4 is 5.73 Å². The average molecular weight is 210 g/mol. The minimum atomic E-state index is 0.723. The molecule has 0 spiro atoms. The van der Waals surface area contributed by atoms with E-state index in [1.807, 2.05) is 41.1 Å². The fraction of sp³-hybridized carbons (Fsp3) is 0. The van der Waals surface area contributed by atoms with Crippen molar-refractivity contribution in [3.8, 4) is 11.4 Å². The summed E-state index contributed by atoms with van der Waals surface area (Å²) in [6, 6.07) is 7.68. The summed E-state index contributed by atoms with van der Waals surface area (Å²) in [5.74, 6) is 0.879. The summed E-state index contributed by atoms with van der Waals surface area (Å²) in [5.41, 5.74) is 8.55. The summed E-state index contributed by atoms with van der Waals surface area (Å²) >= 11 is 0. The molecule has 3 aromatic heterocycles. The van der Waals surface area contributed by atoms with Crippen LogP contribution in [-0.4, -0.2) is 14.4 Å². The van der Waals surface area contributed by atoms with Crippen LogP contribution in [0.15, 0.2) is 49.1 Å². The second-order valence-electron chi connectivity index (χ2n) is 3.57. The van der Waals surface area contributed by atoms with Crippen LogP contribution in [-0.2, 0) is 0 Å². The maximum absolute atomic E-state index is 5.77. The Labute approximate surface area is 92.4 Å². The fourth-order valence-corrected chi connectivity index (χ4v) is 1.72. The van der Waals surface area contributed by atoms with Crippen LogP contribution in [0.1, 0.15) is 0 Å². The molecular formula is C12H10N4. The lowest BCUT2D eigenvalue weighted by Crippen LogP contribution is -1.92. The van der Waals surface area contributed by atoms with Crippen LogP contribution in [0, 0.1) is 0 Å². The summed E-state index contributed by atoms with van der Waals surface area (Å²) in [4.78, 5) is 8.38. The molecule has 3 rings (SSSR count). The molecule has 0 saturated carbocycles. The first-order valence-corrected chi connectivity index (χ1v) is 4.97. The van der Waals surface area contributed by atoms with E-state index in [1.165, 1.54) is 0 Å².